The molecule has 0 spiro atoms. The third-order valence-corrected chi connectivity index (χ3v) is 4.00. The standard InChI is InChI=1S/C19H30N2O5/c1-4-23-16-13-15(14-17(24-5-2)18(16)25-6-3)19(22)26-12-11-21-9-7-20-8-10-21/h13-14,20H,4-12H2,1-3H3. The van der Waals surface area contributed by atoms with Crippen LogP contribution in [0.15, 0.2) is 12.1 Å². The highest BCUT2D eigenvalue weighted by molar-refractivity contribution is 5.91. The molecule has 1 heterocycles. The van der Waals surface area contributed by atoms with Crippen molar-refractivity contribution in [3.8, 4) is 17.2 Å². The number of nitrogens with zero attached hydrogens (tertiary/aromatic N) is 1. The molecule has 0 aromatic heterocycles. The van der Waals surface area contributed by atoms with Crippen LogP contribution in [0.1, 0.15) is 31.1 Å². The molecule has 0 atom stereocenters. The second-order valence-corrected chi connectivity index (χ2v) is 5.83. The van der Waals surface area contributed by atoms with Crippen molar-refractivity contribution in [3.63, 3.8) is 0 Å². The summed E-state index contributed by atoms with van der Waals surface area (Å²) in [6, 6.07) is 3.31. The van der Waals surface area contributed by atoms with E-state index in [9.17, 15) is 4.79 Å². The maximum Gasteiger partial charge on any atom is 0.338 e. The van der Waals surface area contributed by atoms with E-state index in [2.05, 4.69) is 10.2 Å². The van der Waals surface area contributed by atoms with Gasteiger partial charge in [-0.3, -0.25) is 4.90 Å². The third kappa shape index (κ3) is 5.78. The summed E-state index contributed by atoms with van der Waals surface area (Å²) in [4.78, 5) is 14.7. The summed E-state index contributed by atoms with van der Waals surface area (Å²) in [5.41, 5.74) is 0.403. The van der Waals surface area contributed by atoms with E-state index in [1.165, 1.54) is 0 Å². The molecule has 1 saturated heterocycles. The number of nitrogens with one attached hydrogen (secondary N) is 1. The number of ether oxygens (including phenoxy) is 4. The van der Waals surface area contributed by atoms with Gasteiger partial charge in [-0.25, -0.2) is 4.79 Å². The van der Waals surface area contributed by atoms with Crippen molar-refractivity contribution in [3.05, 3.63) is 17.7 Å². The first-order chi connectivity index (χ1) is 12.7. The Kier molecular flexibility index (Phi) is 8.50. The van der Waals surface area contributed by atoms with E-state index in [-0.39, 0.29) is 5.97 Å². The fourth-order valence-corrected chi connectivity index (χ4v) is 2.79. The minimum Gasteiger partial charge on any atom is -0.490 e. The van der Waals surface area contributed by atoms with Gasteiger partial charge in [0.2, 0.25) is 5.75 Å². The van der Waals surface area contributed by atoms with Gasteiger partial charge in [0.1, 0.15) is 6.61 Å². The zero-order chi connectivity index (χ0) is 18.8. The predicted molar refractivity (Wildman–Crippen MR) is 99.5 cm³/mol. The molecule has 1 aromatic rings. The summed E-state index contributed by atoms with van der Waals surface area (Å²) < 4.78 is 22.4. The Morgan fingerprint density at radius 3 is 2.12 bits per heavy atom. The van der Waals surface area contributed by atoms with E-state index in [0.29, 0.717) is 49.2 Å². The third-order valence-electron chi connectivity index (χ3n) is 4.00. The molecule has 0 amide bonds. The van der Waals surface area contributed by atoms with Crippen LogP contribution in [0.3, 0.4) is 0 Å². The van der Waals surface area contributed by atoms with Crippen molar-refractivity contribution in [1.82, 2.24) is 10.2 Å². The first kappa shape index (κ1) is 20.3. The van der Waals surface area contributed by atoms with Gasteiger partial charge in [-0.15, -0.1) is 0 Å². The SMILES string of the molecule is CCOc1cc(C(=O)OCCN2CCNCC2)cc(OCC)c1OCC. The monoisotopic (exact) mass is 366 g/mol. The van der Waals surface area contributed by atoms with Gasteiger partial charge in [0.15, 0.2) is 11.5 Å². The molecular formula is C19H30N2O5. The van der Waals surface area contributed by atoms with E-state index >= 15 is 0 Å². The smallest absolute Gasteiger partial charge is 0.338 e. The molecule has 1 aromatic carbocycles. The quantitative estimate of drug-likeness (QED) is 0.635. The van der Waals surface area contributed by atoms with E-state index in [0.717, 1.165) is 32.7 Å². The number of rotatable bonds is 10. The summed E-state index contributed by atoms with van der Waals surface area (Å²) in [6.45, 7) is 12.1. The maximum absolute atomic E-state index is 12.5. The molecule has 7 nitrogen and oxygen atoms in total. The van der Waals surface area contributed by atoms with Crippen LogP contribution < -0.4 is 19.5 Å². The zero-order valence-corrected chi connectivity index (χ0v) is 16.0. The van der Waals surface area contributed by atoms with Crippen molar-refractivity contribution in [2.24, 2.45) is 0 Å². The molecule has 1 N–H and O–H groups in total. The van der Waals surface area contributed by atoms with Crippen LogP contribution in [0.2, 0.25) is 0 Å². The minimum absolute atomic E-state index is 0.361. The molecular weight excluding hydrogens is 336 g/mol. The number of carbonyl (C=O) groups is 1. The Bertz CT molecular complexity index is 546. The summed E-state index contributed by atoms with van der Waals surface area (Å²) in [5.74, 6) is 1.13. The molecule has 146 valence electrons. The number of piperazine rings is 1. The Balaban J connectivity index is 2.06. The molecule has 1 aliphatic heterocycles. The number of esters is 1. The topological polar surface area (TPSA) is 69.3 Å². The van der Waals surface area contributed by atoms with Gasteiger partial charge in [0.05, 0.1) is 25.4 Å². The summed E-state index contributed by atoms with van der Waals surface area (Å²) in [5, 5.41) is 3.30. The highest BCUT2D eigenvalue weighted by atomic mass is 16.5. The summed E-state index contributed by atoms with van der Waals surface area (Å²) in [6.07, 6.45) is 0. The Labute approximate surface area is 155 Å². The number of hydrogen-bond acceptors (Lipinski definition) is 7. The largest absolute Gasteiger partial charge is 0.490 e. The van der Waals surface area contributed by atoms with Crippen molar-refractivity contribution in [2.75, 3.05) is 59.2 Å². The average Bonchev–Trinajstić information content (AvgIpc) is 2.65. The lowest BCUT2D eigenvalue weighted by molar-refractivity contribution is 0.0455. The lowest BCUT2D eigenvalue weighted by atomic mass is 10.2. The molecule has 1 aliphatic rings. The van der Waals surface area contributed by atoms with E-state index < -0.39 is 0 Å². The Morgan fingerprint density at radius 2 is 1.58 bits per heavy atom. The fourth-order valence-electron chi connectivity index (χ4n) is 2.79. The van der Waals surface area contributed by atoms with Crippen LogP contribution in [0.5, 0.6) is 17.2 Å². The first-order valence-corrected chi connectivity index (χ1v) is 9.36. The fraction of sp³-hybridized carbons (Fsp3) is 0.632. The zero-order valence-electron chi connectivity index (χ0n) is 16.0. The van der Waals surface area contributed by atoms with Gasteiger partial charge in [-0.1, -0.05) is 0 Å². The summed E-state index contributed by atoms with van der Waals surface area (Å²) >= 11 is 0. The highest BCUT2D eigenvalue weighted by Gasteiger charge is 2.19. The molecule has 26 heavy (non-hydrogen) atoms. The van der Waals surface area contributed by atoms with Crippen LogP contribution in [-0.2, 0) is 4.74 Å². The lowest BCUT2D eigenvalue weighted by Crippen LogP contribution is -2.44. The number of hydrogen-bond donors (Lipinski definition) is 1. The van der Waals surface area contributed by atoms with Crippen LogP contribution in [0, 0.1) is 0 Å². The van der Waals surface area contributed by atoms with Crippen molar-refractivity contribution in [2.45, 2.75) is 20.8 Å². The van der Waals surface area contributed by atoms with Gasteiger partial charge in [0.25, 0.3) is 0 Å². The van der Waals surface area contributed by atoms with Gasteiger partial charge >= 0.3 is 5.97 Å². The van der Waals surface area contributed by atoms with Crippen LogP contribution >= 0.6 is 0 Å². The molecule has 0 saturated carbocycles. The highest BCUT2D eigenvalue weighted by Crippen LogP contribution is 2.39. The van der Waals surface area contributed by atoms with Crippen LogP contribution in [-0.4, -0.2) is 70.0 Å². The molecule has 0 radical (unpaired) electrons. The second-order valence-electron chi connectivity index (χ2n) is 5.83. The van der Waals surface area contributed by atoms with Crippen LogP contribution in [0.25, 0.3) is 0 Å². The van der Waals surface area contributed by atoms with Crippen molar-refractivity contribution >= 4 is 5.97 Å². The molecule has 2 rings (SSSR count). The predicted octanol–water partition coefficient (Wildman–Crippen LogP) is 1.94. The Morgan fingerprint density at radius 1 is 1.00 bits per heavy atom. The van der Waals surface area contributed by atoms with Crippen molar-refractivity contribution in [1.29, 1.82) is 0 Å². The minimum atomic E-state index is -0.384. The first-order valence-electron chi connectivity index (χ1n) is 9.36. The van der Waals surface area contributed by atoms with E-state index in [1.807, 2.05) is 20.8 Å². The van der Waals surface area contributed by atoms with E-state index in [4.69, 9.17) is 18.9 Å². The van der Waals surface area contributed by atoms with Gasteiger partial charge < -0.3 is 24.3 Å². The molecule has 0 bridgehead atoms. The average molecular weight is 366 g/mol. The lowest BCUT2D eigenvalue weighted by Gasteiger charge is -2.26. The van der Waals surface area contributed by atoms with E-state index in [1.54, 1.807) is 12.1 Å². The molecule has 0 aliphatic carbocycles. The normalized spacial score (nSPS) is 14.7. The molecule has 7 heteroatoms. The molecule has 0 unspecified atom stereocenters. The van der Waals surface area contributed by atoms with Gasteiger partial charge in [-0.2, -0.15) is 0 Å². The van der Waals surface area contributed by atoms with Crippen LogP contribution in [0.4, 0.5) is 0 Å². The Hall–Kier alpha value is -1.99. The second kappa shape index (κ2) is 10.9. The van der Waals surface area contributed by atoms with Crippen molar-refractivity contribution < 1.29 is 23.7 Å². The molecule has 1 fully saturated rings. The maximum atomic E-state index is 12.5. The number of carbonyl (C=O) groups excluding carboxylic acids is 1. The van der Waals surface area contributed by atoms with Gasteiger partial charge in [-0.05, 0) is 32.9 Å². The summed E-state index contributed by atoms with van der Waals surface area (Å²) in [7, 11) is 0. The number of benzene rings is 1. The van der Waals surface area contributed by atoms with Gasteiger partial charge in [0, 0.05) is 32.7 Å².